The lowest BCUT2D eigenvalue weighted by Gasteiger charge is -2.13. The second kappa shape index (κ2) is 9.04. The van der Waals surface area contributed by atoms with Gasteiger partial charge in [0.15, 0.2) is 0 Å². The van der Waals surface area contributed by atoms with Gasteiger partial charge in [-0.2, -0.15) is 0 Å². The molecular weight excluding hydrogens is 174 g/mol. The topological polar surface area (TPSA) is 29.1 Å². The minimum absolute atomic E-state index is 0.238. The summed E-state index contributed by atoms with van der Waals surface area (Å²) in [6, 6.07) is 0. The van der Waals surface area contributed by atoms with Crippen LogP contribution < -0.4 is 5.32 Å². The van der Waals surface area contributed by atoms with Gasteiger partial charge < -0.3 is 5.32 Å². The lowest BCUT2D eigenvalue weighted by atomic mass is 10.00. The third-order valence-corrected chi connectivity index (χ3v) is 2.58. The average Bonchev–Trinajstić information content (AvgIpc) is 2.20. The van der Waals surface area contributed by atoms with Gasteiger partial charge in [0.2, 0.25) is 5.91 Å². The van der Waals surface area contributed by atoms with Crippen molar-refractivity contribution >= 4 is 5.91 Å². The molecule has 1 N–H and O–H groups in total. The summed E-state index contributed by atoms with van der Waals surface area (Å²) >= 11 is 0. The first-order valence-electron chi connectivity index (χ1n) is 6.03. The van der Waals surface area contributed by atoms with Crippen LogP contribution in [0.1, 0.15) is 59.3 Å². The van der Waals surface area contributed by atoms with Gasteiger partial charge in [-0.25, -0.2) is 0 Å². The predicted molar refractivity (Wildman–Crippen MR) is 61.2 cm³/mol. The second-order valence-electron chi connectivity index (χ2n) is 3.89. The second-order valence-corrected chi connectivity index (χ2v) is 3.89. The smallest absolute Gasteiger partial charge is 0.223 e. The molecule has 0 fully saturated rings. The Hall–Kier alpha value is -0.530. The van der Waals surface area contributed by atoms with Gasteiger partial charge in [0.1, 0.15) is 0 Å². The van der Waals surface area contributed by atoms with Gasteiger partial charge in [-0.3, -0.25) is 4.79 Å². The Balaban J connectivity index is 3.58. The molecule has 0 aromatic rings. The highest BCUT2D eigenvalue weighted by Crippen LogP contribution is 2.10. The molecule has 0 aromatic heterocycles. The summed E-state index contributed by atoms with van der Waals surface area (Å²) in [4.78, 5) is 11.6. The Morgan fingerprint density at radius 3 is 2.36 bits per heavy atom. The third-order valence-electron chi connectivity index (χ3n) is 2.58. The van der Waals surface area contributed by atoms with Crippen LogP contribution in [0.5, 0.6) is 0 Å². The van der Waals surface area contributed by atoms with Crippen LogP contribution in [0.15, 0.2) is 0 Å². The van der Waals surface area contributed by atoms with Gasteiger partial charge in [0.25, 0.3) is 0 Å². The van der Waals surface area contributed by atoms with Crippen LogP contribution in [-0.4, -0.2) is 12.5 Å². The number of unbranched alkanes of at least 4 members (excludes halogenated alkanes) is 2. The molecule has 0 aromatic carbocycles. The van der Waals surface area contributed by atoms with Crippen molar-refractivity contribution in [1.82, 2.24) is 5.32 Å². The van der Waals surface area contributed by atoms with E-state index in [1.807, 2.05) is 0 Å². The Labute approximate surface area is 88.5 Å². The normalized spacial score (nSPS) is 12.5. The third kappa shape index (κ3) is 6.01. The van der Waals surface area contributed by atoms with Gasteiger partial charge in [-0.1, -0.05) is 40.0 Å². The average molecular weight is 199 g/mol. The molecule has 0 bridgehead atoms. The summed E-state index contributed by atoms with van der Waals surface area (Å²) in [6.45, 7) is 7.25. The van der Waals surface area contributed by atoms with E-state index in [-0.39, 0.29) is 11.8 Å². The lowest BCUT2D eigenvalue weighted by Crippen LogP contribution is -2.31. The molecule has 2 heteroatoms. The van der Waals surface area contributed by atoms with E-state index >= 15 is 0 Å². The SMILES string of the molecule is CCCCCNC(=O)C(CC)CCC. The predicted octanol–water partition coefficient (Wildman–Crippen LogP) is 3.12. The van der Waals surface area contributed by atoms with E-state index in [0.29, 0.717) is 0 Å². The van der Waals surface area contributed by atoms with Crippen molar-refractivity contribution in [2.24, 2.45) is 5.92 Å². The summed E-state index contributed by atoms with van der Waals surface area (Å²) in [5, 5.41) is 3.01. The standard InChI is InChI=1S/C12H25NO/c1-4-7-8-10-13-12(14)11(6-3)9-5-2/h11H,4-10H2,1-3H3,(H,13,14). The maximum Gasteiger partial charge on any atom is 0.223 e. The summed E-state index contributed by atoms with van der Waals surface area (Å²) in [5.74, 6) is 0.493. The largest absolute Gasteiger partial charge is 0.356 e. The Bertz CT molecular complexity index is 145. The molecular formula is C12H25NO. The number of carbonyl (C=O) groups excluding carboxylic acids is 1. The van der Waals surface area contributed by atoms with E-state index in [1.54, 1.807) is 0 Å². The van der Waals surface area contributed by atoms with Crippen molar-refractivity contribution in [3.8, 4) is 0 Å². The molecule has 84 valence electrons. The minimum atomic E-state index is 0.238. The Morgan fingerprint density at radius 1 is 1.14 bits per heavy atom. The summed E-state index contributed by atoms with van der Waals surface area (Å²) in [5.41, 5.74) is 0. The summed E-state index contributed by atoms with van der Waals surface area (Å²) in [6.07, 6.45) is 6.63. The van der Waals surface area contributed by atoms with Crippen molar-refractivity contribution < 1.29 is 4.79 Å². The summed E-state index contributed by atoms with van der Waals surface area (Å²) in [7, 11) is 0. The number of hydrogen-bond donors (Lipinski definition) is 1. The number of hydrogen-bond acceptors (Lipinski definition) is 1. The highest BCUT2D eigenvalue weighted by atomic mass is 16.1. The number of amides is 1. The van der Waals surface area contributed by atoms with Crippen molar-refractivity contribution in [1.29, 1.82) is 0 Å². The minimum Gasteiger partial charge on any atom is -0.356 e. The van der Waals surface area contributed by atoms with Gasteiger partial charge in [0.05, 0.1) is 0 Å². The number of rotatable bonds is 8. The highest BCUT2D eigenvalue weighted by molar-refractivity contribution is 5.78. The molecule has 0 radical (unpaired) electrons. The number of carbonyl (C=O) groups is 1. The molecule has 0 aliphatic carbocycles. The van der Waals surface area contributed by atoms with Crippen LogP contribution in [0.3, 0.4) is 0 Å². The molecule has 0 aliphatic rings. The van der Waals surface area contributed by atoms with E-state index < -0.39 is 0 Å². The monoisotopic (exact) mass is 199 g/mol. The van der Waals surface area contributed by atoms with Crippen LogP contribution >= 0.6 is 0 Å². The van der Waals surface area contributed by atoms with Crippen molar-refractivity contribution in [2.45, 2.75) is 59.3 Å². The zero-order valence-electron chi connectivity index (χ0n) is 9.94. The molecule has 0 spiro atoms. The van der Waals surface area contributed by atoms with Crippen LogP contribution in [-0.2, 0) is 4.79 Å². The molecule has 0 rings (SSSR count). The van der Waals surface area contributed by atoms with Crippen molar-refractivity contribution in [3.05, 3.63) is 0 Å². The zero-order chi connectivity index (χ0) is 10.8. The number of nitrogens with one attached hydrogen (secondary N) is 1. The molecule has 0 saturated carbocycles. The van der Waals surface area contributed by atoms with Crippen LogP contribution in [0.25, 0.3) is 0 Å². The van der Waals surface area contributed by atoms with Crippen LogP contribution in [0.2, 0.25) is 0 Å². The van der Waals surface area contributed by atoms with E-state index in [9.17, 15) is 4.79 Å². The van der Waals surface area contributed by atoms with Gasteiger partial charge in [0, 0.05) is 12.5 Å². The molecule has 1 amide bonds. The van der Waals surface area contributed by atoms with Gasteiger partial charge in [-0.15, -0.1) is 0 Å². The first-order valence-corrected chi connectivity index (χ1v) is 6.03. The first kappa shape index (κ1) is 13.5. The zero-order valence-corrected chi connectivity index (χ0v) is 9.94. The first-order chi connectivity index (χ1) is 6.76. The Kier molecular flexibility index (Phi) is 8.70. The van der Waals surface area contributed by atoms with Crippen LogP contribution in [0.4, 0.5) is 0 Å². The molecule has 1 atom stereocenters. The summed E-state index contributed by atoms with van der Waals surface area (Å²) < 4.78 is 0. The highest BCUT2D eigenvalue weighted by Gasteiger charge is 2.13. The fourth-order valence-electron chi connectivity index (χ4n) is 1.60. The van der Waals surface area contributed by atoms with E-state index in [4.69, 9.17) is 0 Å². The fraction of sp³-hybridized carbons (Fsp3) is 0.917. The lowest BCUT2D eigenvalue weighted by molar-refractivity contribution is -0.125. The maximum absolute atomic E-state index is 11.6. The van der Waals surface area contributed by atoms with E-state index in [2.05, 4.69) is 26.1 Å². The van der Waals surface area contributed by atoms with E-state index in [1.165, 1.54) is 12.8 Å². The molecule has 0 aliphatic heterocycles. The van der Waals surface area contributed by atoms with Crippen molar-refractivity contribution in [3.63, 3.8) is 0 Å². The quantitative estimate of drug-likeness (QED) is 0.598. The van der Waals surface area contributed by atoms with Gasteiger partial charge >= 0.3 is 0 Å². The molecule has 1 unspecified atom stereocenters. The molecule has 2 nitrogen and oxygen atoms in total. The molecule has 0 heterocycles. The molecule has 0 saturated heterocycles. The van der Waals surface area contributed by atoms with Crippen molar-refractivity contribution in [2.75, 3.05) is 6.54 Å². The Morgan fingerprint density at radius 2 is 1.86 bits per heavy atom. The maximum atomic E-state index is 11.6. The fourth-order valence-corrected chi connectivity index (χ4v) is 1.60. The van der Waals surface area contributed by atoms with Gasteiger partial charge in [-0.05, 0) is 19.3 Å². The van der Waals surface area contributed by atoms with Crippen LogP contribution in [0, 0.1) is 5.92 Å². The molecule has 14 heavy (non-hydrogen) atoms. The van der Waals surface area contributed by atoms with E-state index in [0.717, 1.165) is 32.2 Å².